The van der Waals surface area contributed by atoms with Crippen LogP contribution in [0.15, 0.2) is 36.4 Å². The minimum absolute atomic E-state index is 0.128. The number of hydrogen-bond donors (Lipinski definition) is 1. The Bertz CT molecular complexity index is 1140. The lowest BCUT2D eigenvalue weighted by Crippen LogP contribution is -2.46. The van der Waals surface area contributed by atoms with Crippen molar-refractivity contribution in [2.45, 2.75) is 19.8 Å². The molecule has 1 heterocycles. The van der Waals surface area contributed by atoms with Crippen LogP contribution < -0.4 is 14.4 Å². The molecule has 1 N–H and O–H groups in total. The van der Waals surface area contributed by atoms with Crippen molar-refractivity contribution in [1.29, 1.82) is 0 Å². The summed E-state index contributed by atoms with van der Waals surface area (Å²) in [5.41, 5.74) is 0.723. The summed E-state index contributed by atoms with van der Waals surface area (Å²) in [5, 5.41) is 0.128. The molecule has 0 unspecified atom stereocenters. The van der Waals surface area contributed by atoms with Crippen LogP contribution in [0.1, 0.15) is 22.8 Å². The van der Waals surface area contributed by atoms with Gasteiger partial charge in [0, 0.05) is 43.4 Å². The molecular weight excluding hydrogens is 502 g/mol. The fourth-order valence-corrected chi connectivity index (χ4v) is 4.18. The summed E-state index contributed by atoms with van der Waals surface area (Å²) in [6.45, 7) is 3.96. The molecule has 0 radical (unpaired) electrons. The van der Waals surface area contributed by atoms with Crippen LogP contribution in [-0.4, -0.2) is 57.5 Å². The Kier molecular flexibility index (Phi) is 7.94. The Labute approximate surface area is 199 Å². The maximum atomic E-state index is 14.5. The van der Waals surface area contributed by atoms with Crippen LogP contribution in [0.5, 0.6) is 5.75 Å². The van der Waals surface area contributed by atoms with E-state index in [0.717, 1.165) is 17.8 Å². The smallest absolute Gasteiger partial charge is 0.406 e. The number of nitrogens with one attached hydrogen (secondary N) is 1. The first-order chi connectivity index (χ1) is 15.9. The largest absolute Gasteiger partial charge is 0.573 e. The van der Waals surface area contributed by atoms with Crippen molar-refractivity contribution < 1.29 is 35.5 Å². The van der Waals surface area contributed by atoms with E-state index in [-0.39, 0.29) is 16.5 Å². The van der Waals surface area contributed by atoms with E-state index < -0.39 is 33.7 Å². The van der Waals surface area contributed by atoms with E-state index in [1.807, 2.05) is 9.80 Å². The van der Waals surface area contributed by atoms with Gasteiger partial charge in [0.15, 0.2) is 0 Å². The van der Waals surface area contributed by atoms with Gasteiger partial charge in [-0.25, -0.2) is 17.5 Å². The number of benzene rings is 2. The third kappa shape index (κ3) is 6.97. The van der Waals surface area contributed by atoms with Crippen LogP contribution in [-0.2, 0) is 16.6 Å². The van der Waals surface area contributed by atoms with E-state index in [1.54, 1.807) is 16.9 Å². The minimum Gasteiger partial charge on any atom is -0.406 e. The molecule has 0 saturated carbocycles. The standard InChI is InChI=1S/C21H22ClF4N3O4S/c1-2-34(31,32)27-20(30)17-12-18(22)14(11-19(17)23)13-28-7-9-29(10-8-28)15-3-5-16(6-4-15)33-21(24,25)26/h3-6,11-12H,2,7-10,13H2,1H3,(H,27,30). The number of rotatable bonds is 7. The molecule has 0 bridgehead atoms. The molecule has 0 aliphatic carbocycles. The first-order valence-electron chi connectivity index (χ1n) is 10.2. The number of carbonyl (C=O) groups is 1. The van der Waals surface area contributed by atoms with Crippen molar-refractivity contribution in [3.8, 4) is 5.75 Å². The number of hydrogen-bond acceptors (Lipinski definition) is 6. The third-order valence-corrected chi connectivity index (χ3v) is 6.82. The first kappa shape index (κ1) is 26.0. The van der Waals surface area contributed by atoms with Crippen LogP contribution in [0.3, 0.4) is 0 Å². The zero-order valence-electron chi connectivity index (χ0n) is 18.0. The highest BCUT2D eigenvalue weighted by molar-refractivity contribution is 7.90. The van der Waals surface area contributed by atoms with Gasteiger partial charge >= 0.3 is 6.36 Å². The van der Waals surface area contributed by atoms with E-state index in [2.05, 4.69) is 4.74 Å². The molecule has 186 valence electrons. The third-order valence-electron chi connectivity index (χ3n) is 5.21. The van der Waals surface area contributed by atoms with Crippen molar-refractivity contribution in [1.82, 2.24) is 9.62 Å². The predicted octanol–water partition coefficient (Wildman–Crippen LogP) is 3.78. The topological polar surface area (TPSA) is 79.0 Å². The summed E-state index contributed by atoms with van der Waals surface area (Å²) in [5.74, 6) is -2.60. The second-order valence-electron chi connectivity index (χ2n) is 7.56. The van der Waals surface area contributed by atoms with Crippen molar-refractivity contribution in [3.05, 3.63) is 58.4 Å². The molecule has 1 amide bonds. The Morgan fingerprint density at radius 3 is 2.29 bits per heavy atom. The van der Waals surface area contributed by atoms with Gasteiger partial charge in [0.25, 0.3) is 5.91 Å². The van der Waals surface area contributed by atoms with Gasteiger partial charge in [0.05, 0.1) is 11.3 Å². The Balaban J connectivity index is 1.60. The average molecular weight is 524 g/mol. The second-order valence-corrected chi connectivity index (χ2v) is 9.98. The van der Waals surface area contributed by atoms with Gasteiger partial charge < -0.3 is 9.64 Å². The first-order valence-corrected chi connectivity index (χ1v) is 12.3. The van der Waals surface area contributed by atoms with Crippen LogP contribution >= 0.6 is 11.6 Å². The van der Waals surface area contributed by atoms with Crippen LogP contribution in [0.2, 0.25) is 5.02 Å². The van der Waals surface area contributed by atoms with Crippen molar-refractivity contribution in [2.75, 3.05) is 36.8 Å². The normalized spacial score (nSPS) is 15.3. The molecule has 0 spiro atoms. The highest BCUT2D eigenvalue weighted by Gasteiger charge is 2.31. The summed E-state index contributed by atoms with van der Waals surface area (Å²) in [6.07, 6.45) is -4.75. The summed E-state index contributed by atoms with van der Waals surface area (Å²) in [7, 11) is -3.85. The monoisotopic (exact) mass is 523 g/mol. The number of carbonyl (C=O) groups excluding carboxylic acids is 1. The number of nitrogens with zero attached hydrogens (tertiary/aromatic N) is 2. The van der Waals surface area contributed by atoms with E-state index >= 15 is 0 Å². The predicted molar refractivity (Wildman–Crippen MR) is 119 cm³/mol. The molecule has 3 rings (SSSR count). The molecule has 2 aromatic rings. The van der Waals surface area contributed by atoms with E-state index in [4.69, 9.17) is 11.6 Å². The molecule has 1 aliphatic rings. The molecule has 1 saturated heterocycles. The SMILES string of the molecule is CCS(=O)(=O)NC(=O)c1cc(Cl)c(CN2CCN(c3ccc(OC(F)(F)F)cc3)CC2)cc1F. The van der Waals surface area contributed by atoms with Crippen molar-refractivity contribution in [3.63, 3.8) is 0 Å². The quantitative estimate of drug-likeness (QED) is 0.557. The zero-order chi connectivity index (χ0) is 25.1. The van der Waals surface area contributed by atoms with Gasteiger partial charge in [-0.05, 0) is 48.9 Å². The molecule has 1 aliphatic heterocycles. The molecule has 7 nitrogen and oxygen atoms in total. The van der Waals surface area contributed by atoms with Gasteiger partial charge in [-0.15, -0.1) is 13.2 Å². The Morgan fingerprint density at radius 2 is 1.74 bits per heavy atom. The molecule has 1 fully saturated rings. The zero-order valence-corrected chi connectivity index (χ0v) is 19.6. The number of ether oxygens (including phenoxy) is 1. The van der Waals surface area contributed by atoms with Crippen LogP contribution in [0, 0.1) is 5.82 Å². The highest BCUT2D eigenvalue weighted by atomic mass is 35.5. The maximum Gasteiger partial charge on any atom is 0.573 e. The Hall–Kier alpha value is -2.57. The van der Waals surface area contributed by atoms with Gasteiger partial charge in [-0.1, -0.05) is 11.6 Å². The van der Waals surface area contributed by atoms with Gasteiger partial charge in [0.1, 0.15) is 11.6 Å². The fraction of sp³-hybridized carbons (Fsp3) is 0.381. The van der Waals surface area contributed by atoms with Crippen LogP contribution in [0.25, 0.3) is 0 Å². The lowest BCUT2D eigenvalue weighted by Gasteiger charge is -2.36. The van der Waals surface area contributed by atoms with Crippen molar-refractivity contribution in [2.24, 2.45) is 0 Å². The maximum absolute atomic E-state index is 14.5. The highest BCUT2D eigenvalue weighted by Crippen LogP contribution is 2.27. The number of sulfonamides is 1. The molecule has 0 aromatic heterocycles. The van der Waals surface area contributed by atoms with E-state index in [1.165, 1.54) is 19.1 Å². The molecule has 13 heteroatoms. The van der Waals surface area contributed by atoms with E-state index in [0.29, 0.717) is 38.3 Å². The number of amides is 1. The number of halogens is 5. The molecular formula is C21H22ClF4N3O4S. The van der Waals surface area contributed by atoms with Crippen molar-refractivity contribution >= 4 is 33.2 Å². The molecule has 0 atom stereocenters. The fourth-order valence-electron chi connectivity index (χ4n) is 3.42. The molecule has 34 heavy (non-hydrogen) atoms. The van der Waals surface area contributed by atoms with Gasteiger partial charge in [-0.2, -0.15) is 0 Å². The average Bonchev–Trinajstić information content (AvgIpc) is 2.76. The van der Waals surface area contributed by atoms with Crippen LogP contribution in [0.4, 0.5) is 23.2 Å². The summed E-state index contributed by atoms with van der Waals surface area (Å²) in [6, 6.07) is 7.81. The number of alkyl halides is 3. The Morgan fingerprint density at radius 1 is 1.12 bits per heavy atom. The molecule has 2 aromatic carbocycles. The summed E-state index contributed by atoms with van der Waals surface area (Å²) in [4.78, 5) is 16.1. The summed E-state index contributed by atoms with van der Waals surface area (Å²) >= 11 is 6.23. The van der Waals surface area contributed by atoms with Gasteiger partial charge in [0.2, 0.25) is 10.0 Å². The van der Waals surface area contributed by atoms with E-state index in [9.17, 15) is 30.8 Å². The number of piperazine rings is 1. The van der Waals surface area contributed by atoms with Gasteiger partial charge in [-0.3, -0.25) is 9.69 Å². The summed E-state index contributed by atoms with van der Waals surface area (Å²) < 4.78 is 80.2. The lowest BCUT2D eigenvalue weighted by atomic mass is 10.1. The number of anilines is 1. The lowest BCUT2D eigenvalue weighted by molar-refractivity contribution is -0.274. The minimum atomic E-state index is -4.75. The second kappa shape index (κ2) is 10.4.